The first-order valence-corrected chi connectivity index (χ1v) is 5.51. The molecule has 0 N–H and O–H groups in total. The molecule has 1 rings (SSSR count). The average Bonchev–Trinajstić information content (AvgIpc) is 2.25. The molecule has 0 aromatic carbocycles. The van der Waals surface area contributed by atoms with Crippen molar-refractivity contribution >= 4 is 0 Å². The van der Waals surface area contributed by atoms with Gasteiger partial charge in [0.25, 0.3) is 0 Å². The van der Waals surface area contributed by atoms with Gasteiger partial charge in [-0.05, 0) is 26.2 Å². The minimum Gasteiger partial charge on any atom is -0.381 e. The van der Waals surface area contributed by atoms with Crippen LogP contribution in [0, 0.1) is 31.1 Å². The molecule has 84 valence electrons. The van der Waals surface area contributed by atoms with Crippen LogP contribution in [0.2, 0.25) is 0 Å². The van der Waals surface area contributed by atoms with Crippen LogP contribution >= 0.6 is 0 Å². The van der Waals surface area contributed by atoms with Crippen LogP contribution in [0.15, 0.2) is 11.6 Å². The zero-order valence-corrected chi connectivity index (χ0v) is 14.8. The number of rotatable bonds is 1. The van der Waals surface area contributed by atoms with E-state index in [4.69, 9.17) is 4.74 Å². The molecule has 0 heterocycles. The topological polar surface area (TPSA) is 9.23 Å². The Kier molecular flexibility index (Phi) is 23.4. The Labute approximate surface area is 114 Å². The number of ether oxygens (including phenoxy) is 1. The Hall–Kier alpha value is 0.752. The van der Waals surface area contributed by atoms with Crippen molar-refractivity contribution in [2.45, 2.75) is 60.0 Å². The van der Waals surface area contributed by atoms with E-state index in [-0.39, 0.29) is 31.1 Å². The maximum atomic E-state index is 5.19. The first-order valence-electron chi connectivity index (χ1n) is 5.51. The molecule has 0 aromatic rings. The Morgan fingerprint density at radius 3 is 2.00 bits per heavy atom. The minimum absolute atomic E-state index is 0. The first kappa shape index (κ1) is 20.2. The van der Waals surface area contributed by atoms with Gasteiger partial charge in [0.05, 0.1) is 6.10 Å². The summed E-state index contributed by atoms with van der Waals surface area (Å²) in [6.07, 6.45) is 6.31. The van der Waals surface area contributed by atoms with Crippen LogP contribution in [0.5, 0.6) is 0 Å². The zero-order valence-electron chi connectivity index (χ0n) is 10.7. The monoisotopic (exact) mass is 424 g/mol. The third-order valence-corrected chi connectivity index (χ3v) is 1.92. The summed E-state index contributed by atoms with van der Waals surface area (Å²) in [6, 6.07) is 0. The first-order chi connectivity index (χ1) is 6.33. The van der Waals surface area contributed by atoms with Crippen LogP contribution in [0.3, 0.4) is 0 Å². The Morgan fingerprint density at radius 2 is 1.71 bits per heavy atom. The summed E-state index contributed by atoms with van der Waals surface area (Å²) < 4.78 is 5.19. The summed E-state index contributed by atoms with van der Waals surface area (Å²) in [7, 11) is 1.79. The van der Waals surface area contributed by atoms with E-state index in [0.717, 1.165) is 6.42 Å². The molecular formula is C12H26OU. The fourth-order valence-electron chi connectivity index (χ4n) is 1.16. The molecule has 0 bridgehead atoms. The largest absolute Gasteiger partial charge is 0.381 e. The van der Waals surface area contributed by atoms with E-state index >= 15 is 0 Å². The molecule has 0 amide bonds. The quantitative estimate of drug-likeness (QED) is 0.574. The minimum atomic E-state index is 0. The smallest absolute Gasteiger partial charge is 0.0608 e. The molecule has 1 atom stereocenters. The van der Waals surface area contributed by atoms with Crippen molar-refractivity contribution in [2.24, 2.45) is 0 Å². The van der Waals surface area contributed by atoms with Crippen molar-refractivity contribution in [1.29, 1.82) is 0 Å². The second-order valence-electron chi connectivity index (χ2n) is 2.68. The maximum absolute atomic E-state index is 5.19. The molecule has 1 aliphatic rings. The fourth-order valence-corrected chi connectivity index (χ4v) is 1.16. The van der Waals surface area contributed by atoms with E-state index in [1.807, 2.05) is 27.7 Å². The third kappa shape index (κ3) is 10.8. The van der Waals surface area contributed by atoms with Crippen molar-refractivity contribution in [1.82, 2.24) is 0 Å². The van der Waals surface area contributed by atoms with Gasteiger partial charge in [0.15, 0.2) is 0 Å². The Morgan fingerprint density at radius 1 is 1.21 bits per heavy atom. The molecule has 1 unspecified atom stereocenters. The normalized spacial score (nSPS) is 18.7. The second kappa shape index (κ2) is 16.2. The van der Waals surface area contributed by atoms with Crippen molar-refractivity contribution in [3.05, 3.63) is 11.6 Å². The molecular weight excluding hydrogens is 398 g/mol. The van der Waals surface area contributed by atoms with Gasteiger partial charge in [0, 0.05) is 38.2 Å². The van der Waals surface area contributed by atoms with Crippen molar-refractivity contribution in [2.75, 3.05) is 7.11 Å². The number of methoxy groups -OCH3 is 1. The Balaban J connectivity index is -0.000000216. The number of hydrogen-bond donors (Lipinski definition) is 0. The van der Waals surface area contributed by atoms with E-state index in [2.05, 4.69) is 13.0 Å². The van der Waals surface area contributed by atoms with Crippen molar-refractivity contribution < 1.29 is 35.9 Å². The van der Waals surface area contributed by atoms with E-state index in [1.165, 1.54) is 18.4 Å². The van der Waals surface area contributed by atoms with E-state index in [1.54, 1.807) is 7.11 Å². The van der Waals surface area contributed by atoms with Crippen molar-refractivity contribution in [3.8, 4) is 0 Å². The number of allylic oxidation sites excluding steroid dienone is 1. The van der Waals surface area contributed by atoms with E-state index in [9.17, 15) is 0 Å². The van der Waals surface area contributed by atoms with Crippen LogP contribution in [-0.2, 0) is 4.74 Å². The van der Waals surface area contributed by atoms with E-state index in [0.29, 0.717) is 6.10 Å². The van der Waals surface area contributed by atoms with Gasteiger partial charge >= 0.3 is 0 Å². The maximum Gasteiger partial charge on any atom is 0.0608 e. The third-order valence-electron chi connectivity index (χ3n) is 1.92. The summed E-state index contributed by atoms with van der Waals surface area (Å²) in [5, 5.41) is 0. The van der Waals surface area contributed by atoms with Gasteiger partial charge in [0.1, 0.15) is 0 Å². The van der Waals surface area contributed by atoms with Crippen LogP contribution in [0.1, 0.15) is 53.9 Å². The molecule has 0 spiro atoms. The van der Waals surface area contributed by atoms with Gasteiger partial charge in [-0.1, -0.05) is 39.3 Å². The zero-order chi connectivity index (χ0) is 10.7. The molecule has 1 nitrogen and oxygen atoms in total. The SMILES string of the molecule is CC.CC.COC1CC=C(C)CC1.[U]. The molecule has 0 fully saturated rings. The van der Waals surface area contributed by atoms with Crippen LogP contribution in [0.25, 0.3) is 0 Å². The predicted molar refractivity (Wildman–Crippen MR) is 61.1 cm³/mol. The predicted octanol–water partition coefficient (Wildman–Crippen LogP) is 4.18. The molecule has 0 aliphatic heterocycles. The summed E-state index contributed by atoms with van der Waals surface area (Å²) in [6.45, 7) is 10.2. The van der Waals surface area contributed by atoms with Gasteiger partial charge < -0.3 is 4.74 Å². The van der Waals surface area contributed by atoms with Gasteiger partial charge in [-0.2, -0.15) is 0 Å². The average molecular weight is 424 g/mol. The van der Waals surface area contributed by atoms with E-state index < -0.39 is 0 Å². The molecule has 0 saturated carbocycles. The molecule has 2 heteroatoms. The summed E-state index contributed by atoms with van der Waals surface area (Å²) in [5.74, 6) is 0. The summed E-state index contributed by atoms with van der Waals surface area (Å²) in [5.41, 5.74) is 1.52. The molecule has 14 heavy (non-hydrogen) atoms. The standard InChI is InChI=1S/C8H14O.2C2H6.U/c1-7-3-5-8(9-2)6-4-7;2*1-2;/h3,8H,4-6H2,1-2H3;2*1-2H3;. The van der Waals surface area contributed by atoms with Gasteiger partial charge in [-0.25, -0.2) is 0 Å². The fraction of sp³-hybridized carbons (Fsp3) is 0.833. The van der Waals surface area contributed by atoms with Gasteiger partial charge in [-0.3, -0.25) is 0 Å². The summed E-state index contributed by atoms with van der Waals surface area (Å²) >= 11 is 0. The van der Waals surface area contributed by atoms with Crippen LogP contribution < -0.4 is 0 Å². The van der Waals surface area contributed by atoms with Crippen LogP contribution in [-0.4, -0.2) is 13.2 Å². The molecule has 1 aliphatic carbocycles. The van der Waals surface area contributed by atoms with Crippen molar-refractivity contribution in [3.63, 3.8) is 0 Å². The number of hydrogen-bond acceptors (Lipinski definition) is 1. The molecule has 0 radical (unpaired) electrons. The molecule has 0 saturated heterocycles. The Bertz CT molecular complexity index is 121. The van der Waals surface area contributed by atoms with Gasteiger partial charge in [-0.15, -0.1) is 0 Å². The summed E-state index contributed by atoms with van der Waals surface area (Å²) in [4.78, 5) is 0. The second-order valence-corrected chi connectivity index (χ2v) is 2.68. The van der Waals surface area contributed by atoms with Crippen LogP contribution in [0.4, 0.5) is 0 Å². The molecule has 0 aromatic heterocycles. The van der Waals surface area contributed by atoms with Gasteiger partial charge in [0.2, 0.25) is 0 Å².